The summed E-state index contributed by atoms with van der Waals surface area (Å²) in [4.78, 5) is 30.1. The van der Waals surface area contributed by atoms with Crippen molar-refractivity contribution in [2.24, 2.45) is 0 Å². The quantitative estimate of drug-likeness (QED) is 0.315. The number of para-hydroxylation sites is 1. The number of benzene rings is 2. The van der Waals surface area contributed by atoms with E-state index in [1.165, 1.54) is 11.8 Å². The van der Waals surface area contributed by atoms with Crippen LogP contribution in [0.5, 0.6) is 0 Å². The Morgan fingerprint density at radius 1 is 1.20 bits per heavy atom. The first-order valence-corrected chi connectivity index (χ1v) is 11.0. The number of ether oxygens (including phenoxy) is 1. The van der Waals surface area contributed by atoms with Crippen LogP contribution in [0.25, 0.3) is 10.9 Å². The first-order chi connectivity index (χ1) is 14.4. The van der Waals surface area contributed by atoms with Crippen LogP contribution >= 0.6 is 11.8 Å². The van der Waals surface area contributed by atoms with E-state index in [1.807, 2.05) is 63.2 Å². The summed E-state index contributed by atoms with van der Waals surface area (Å²) in [5.74, 6) is 0.0315. The minimum Gasteiger partial charge on any atom is -0.379 e. The van der Waals surface area contributed by atoms with Gasteiger partial charge in [0.1, 0.15) is 0 Å². The molecule has 1 heterocycles. The van der Waals surface area contributed by atoms with E-state index >= 15 is 0 Å². The van der Waals surface area contributed by atoms with Gasteiger partial charge in [-0.15, -0.1) is 0 Å². The topological polar surface area (TPSA) is 73.2 Å². The van der Waals surface area contributed by atoms with E-state index < -0.39 is 0 Å². The molecule has 0 spiro atoms. The molecule has 0 unspecified atom stereocenters. The molecule has 0 bridgehead atoms. The molecule has 2 aromatic carbocycles. The summed E-state index contributed by atoms with van der Waals surface area (Å²) in [5, 5.41) is 4.02. The number of hydrogen-bond acceptors (Lipinski definition) is 5. The van der Waals surface area contributed by atoms with Gasteiger partial charge in [0.05, 0.1) is 22.8 Å². The summed E-state index contributed by atoms with van der Waals surface area (Å²) in [7, 11) is 0. The third kappa shape index (κ3) is 5.93. The summed E-state index contributed by atoms with van der Waals surface area (Å²) in [5.41, 5.74) is 2.38. The van der Waals surface area contributed by atoms with E-state index in [9.17, 15) is 9.59 Å². The van der Waals surface area contributed by atoms with E-state index in [0.29, 0.717) is 35.6 Å². The number of nitrogens with zero attached hydrogens (tertiary/aromatic N) is 2. The molecule has 1 amide bonds. The number of rotatable bonds is 9. The van der Waals surface area contributed by atoms with Crippen LogP contribution in [0.4, 0.5) is 5.69 Å². The highest BCUT2D eigenvalue weighted by Gasteiger charge is 2.13. The fourth-order valence-electron chi connectivity index (χ4n) is 3.05. The molecule has 0 aliphatic rings. The van der Waals surface area contributed by atoms with Gasteiger partial charge in [0, 0.05) is 18.8 Å². The predicted octanol–water partition coefficient (Wildman–Crippen LogP) is 4.25. The normalized spacial score (nSPS) is 11.2. The molecular weight excluding hydrogens is 398 g/mol. The molecule has 0 saturated heterocycles. The van der Waals surface area contributed by atoms with Crippen LogP contribution in [0.15, 0.2) is 58.5 Å². The van der Waals surface area contributed by atoms with Crippen molar-refractivity contribution in [1.82, 2.24) is 9.55 Å². The van der Waals surface area contributed by atoms with Crippen LogP contribution < -0.4 is 10.9 Å². The van der Waals surface area contributed by atoms with Crippen molar-refractivity contribution >= 4 is 34.3 Å². The van der Waals surface area contributed by atoms with Gasteiger partial charge in [-0.05, 0) is 57.0 Å². The van der Waals surface area contributed by atoms with Crippen molar-refractivity contribution < 1.29 is 9.53 Å². The van der Waals surface area contributed by atoms with Gasteiger partial charge >= 0.3 is 0 Å². The first-order valence-electron chi connectivity index (χ1n) is 10.0. The monoisotopic (exact) mass is 425 g/mol. The molecule has 1 N–H and O–H groups in total. The lowest BCUT2D eigenvalue weighted by Crippen LogP contribution is -2.25. The van der Waals surface area contributed by atoms with Crippen molar-refractivity contribution in [3.8, 4) is 0 Å². The number of thioether (sulfide) groups is 1. The summed E-state index contributed by atoms with van der Waals surface area (Å²) in [6.45, 7) is 7.00. The Balaban J connectivity index is 1.76. The van der Waals surface area contributed by atoms with Crippen LogP contribution in [-0.2, 0) is 16.1 Å². The number of hydrogen-bond donors (Lipinski definition) is 1. The molecule has 158 valence electrons. The third-order valence-electron chi connectivity index (χ3n) is 4.44. The maximum absolute atomic E-state index is 13.0. The molecule has 6 nitrogen and oxygen atoms in total. The Bertz CT molecular complexity index is 1080. The standard InChI is InChI=1S/C23H27N3O3S/c1-16(2)29-13-7-12-26-22(28)19-10-4-5-11-20(19)25-23(26)30-15-21(27)24-18-9-6-8-17(3)14-18/h4-6,8-11,14,16H,7,12-13,15H2,1-3H3,(H,24,27). The van der Waals surface area contributed by atoms with E-state index in [0.717, 1.165) is 11.3 Å². The first kappa shape index (κ1) is 22.1. The second-order valence-electron chi connectivity index (χ2n) is 7.35. The van der Waals surface area contributed by atoms with Crippen LogP contribution in [0.2, 0.25) is 0 Å². The summed E-state index contributed by atoms with van der Waals surface area (Å²) < 4.78 is 7.25. The highest BCUT2D eigenvalue weighted by atomic mass is 32.2. The maximum Gasteiger partial charge on any atom is 0.262 e. The molecule has 1 aromatic heterocycles. The van der Waals surface area contributed by atoms with Crippen LogP contribution in [-0.4, -0.2) is 33.9 Å². The average Bonchev–Trinajstić information content (AvgIpc) is 2.71. The highest BCUT2D eigenvalue weighted by molar-refractivity contribution is 7.99. The molecule has 30 heavy (non-hydrogen) atoms. The second-order valence-corrected chi connectivity index (χ2v) is 8.29. The van der Waals surface area contributed by atoms with Gasteiger partial charge in [0.15, 0.2) is 5.16 Å². The maximum atomic E-state index is 13.0. The summed E-state index contributed by atoms with van der Waals surface area (Å²) in [6.07, 6.45) is 0.844. The Morgan fingerprint density at radius 3 is 2.77 bits per heavy atom. The van der Waals surface area contributed by atoms with Crippen molar-refractivity contribution in [3.63, 3.8) is 0 Å². The van der Waals surface area contributed by atoms with E-state index in [-0.39, 0.29) is 23.3 Å². The van der Waals surface area contributed by atoms with Crippen LogP contribution in [0.3, 0.4) is 0 Å². The Labute approximate surface area is 180 Å². The van der Waals surface area contributed by atoms with Crippen LogP contribution in [0.1, 0.15) is 25.8 Å². The number of aryl methyl sites for hydroxylation is 1. The summed E-state index contributed by atoms with van der Waals surface area (Å²) >= 11 is 1.27. The van der Waals surface area contributed by atoms with Crippen molar-refractivity contribution in [2.45, 2.75) is 45.0 Å². The number of amides is 1. The molecule has 0 aliphatic heterocycles. The number of aromatic nitrogens is 2. The Kier molecular flexibility index (Phi) is 7.65. The molecule has 0 saturated carbocycles. The minimum absolute atomic E-state index is 0.0910. The number of fused-ring (bicyclic) bond motifs is 1. The number of anilines is 1. The predicted molar refractivity (Wildman–Crippen MR) is 122 cm³/mol. The molecule has 0 aliphatic carbocycles. The second kappa shape index (κ2) is 10.4. The smallest absolute Gasteiger partial charge is 0.262 e. The van der Waals surface area contributed by atoms with Gasteiger partial charge in [-0.1, -0.05) is 36.0 Å². The fourth-order valence-corrected chi connectivity index (χ4v) is 3.87. The third-order valence-corrected chi connectivity index (χ3v) is 5.41. The molecule has 0 radical (unpaired) electrons. The zero-order valence-electron chi connectivity index (χ0n) is 17.6. The molecule has 3 aromatic rings. The van der Waals surface area contributed by atoms with Gasteiger partial charge in [-0.2, -0.15) is 0 Å². The zero-order valence-corrected chi connectivity index (χ0v) is 18.4. The summed E-state index contributed by atoms with van der Waals surface area (Å²) in [6, 6.07) is 14.9. The molecule has 0 atom stereocenters. The SMILES string of the molecule is Cc1cccc(NC(=O)CSc2nc3ccccc3c(=O)n2CCCOC(C)C)c1. The number of nitrogens with one attached hydrogen (secondary N) is 1. The fraction of sp³-hybridized carbons (Fsp3) is 0.348. The van der Waals surface area contributed by atoms with Gasteiger partial charge in [-0.25, -0.2) is 4.98 Å². The Hall–Kier alpha value is -2.64. The minimum atomic E-state index is -0.136. The molecule has 0 fully saturated rings. The molecular formula is C23H27N3O3S. The average molecular weight is 426 g/mol. The number of carbonyl (C=O) groups excluding carboxylic acids is 1. The molecule has 7 heteroatoms. The van der Waals surface area contributed by atoms with Crippen LogP contribution in [0, 0.1) is 6.92 Å². The Morgan fingerprint density at radius 2 is 2.00 bits per heavy atom. The zero-order chi connectivity index (χ0) is 21.5. The largest absolute Gasteiger partial charge is 0.379 e. The lowest BCUT2D eigenvalue weighted by Gasteiger charge is -2.14. The van der Waals surface area contributed by atoms with Gasteiger partial charge in [0.2, 0.25) is 5.91 Å². The van der Waals surface area contributed by atoms with Crippen molar-refractivity contribution in [2.75, 3.05) is 17.7 Å². The lowest BCUT2D eigenvalue weighted by atomic mass is 10.2. The van der Waals surface area contributed by atoms with Crippen molar-refractivity contribution in [1.29, 1.82) is 0 Å². The van der Waals surface area contributed by atoms with E-state index in [2.05, 4.69) is 10.3 Å². The van der Waals surface area contributed by atoms with E-state index in [4.69, 9.17) is 4.74 Å². The molecule has 3 rings (SSSR count). The van der Waals surface area contributed by atoms with Gasteiger partial charge in [0.25, 0.3) is 5.56 Å². The van der Waals surface area contributed by atoms with Gasteiger partial charge < -0.3 is 10.1 Å². The van der Waals surface area contributed by atoms with E-state index in [1.54, 1.807) is 10.6 Å². The highest BCUT2D eigenvalue weighted by Crippen LogP contribution is 2.19. The van der Waals surface area contributed by atoms with Gasteiger partial charge in [-0.3, -0.25) is 14.2 Å². The lowest BCUT2D eigenvalue weighted by molar-refractivity contribution is -0.113. The number of carbonyl (C=O) groups is 1. The van der Waals surface area contributed by atoms with Crippen molar-refractivity contribution in [3.05, 3.63) is 64.4 Å².